The fraction of sp³-hybridized carbons (Fsp3) is 0.0741. The molecular weight excluding hydrogens is 436 g/mol. The number of hydrogen-bond donors (Lipinski definition) is 0. The van der Waals surface area contributed by atoms with Gasteiger partial charge in [-0.05, 0) is 22.8 Å². The summed E-state index contributed by atoms with van der Waals surface area (Å²) in [5, 5.41) is 15.9. The first-order valence-corrected chi connectivity index (χ1v) is 10.7. The van der Waals surface area contributed by atoms with Crippen molar-refractivity contribution < 1.29 is 13.7 Å². The number of fused-ring (bicyclic) bond motifs is 1. The number of alkyl halides is 2. The highest BCUT2D eigenvalue weighted by Gasteiger charge is 2.41. The first kappa shape index (κ1) is 21.5. The second-order valence-corrected chi connectivity index (χ2v) is 7.86. The Morgan fingerprint density at radius 3 is 1.65 bits per heavy atom. The molecule has 5 rings (SSSR count). The van der Waals surface area contributed by atoms with Gasteiger partial charge < -0.3 is 0 Å². The summed E-state index contributed by atoms with van der Waals surface area (Å²) in [7, 11) is 0. The number of benzene rings is 4. The molecule has 0 atom stereocenters. The number of nitrogens with zero attached hydrogens (tertiary/aromatic N) is 3. The summed E-state index contributed by atoms with van der Waals surface area (Å²) in [6.45, 7) is 0. The van der Waals surface area contributed by atoms with Gasteiger partial charge in [-0.15, -0.1) is 0 Å². The molecule has 0 saturated heterocycles. The van der Waals surface area contributed by atoms with Gasteiger partial charge in [0.2, 0.25) is 0 Å². The Hall–Kier alpha value is -4.39. The lowest BCUT2D eigenvalue weighted by atomic mass is 9.77. The van der Waals surface area contributed by atoms with Gasteiger partial charge in [-0.25, -0.2) is 13.5 Å². The standard InChI is InChI=1S/C27H19F2N3O2/c28-26(29)25-23-18-22(32(33)34)16-17-24(23)31(30-25)27(19-10-4-1-5-11-19,20-12-6-2-7-13-20)21-14-8-3-9-15-21/h1-18,26H. The van der Waals surface area contributed by atoms with Gasteiger partial charge in [-0.2, -0.15) is 5.10 Å². The normalized spacial score (nSPS) is 11.7. The zero-order valence-corrected chi connectivity index (χ0v) is 17.9. The number of aromatic nitrogens is 2. The van der Waals surface area contributed by atoms with Crippen LogP contribution in [0.3, 0.4) is 0 Å². The number of nitro benzene ring substituents is 1. The third-order valence-corrected chi connectivity index (χ3v) is 6.00. The molecule has 1 aromatic heterocycles. The summed E-state index contributed by atoms with van der Waals surface area (Å²) in [6, 6.07) is 32.6. The molecule has 168 valence electrons. The van der Waals surface area contributed by atoms with Gasteiger partial charge >= 0.3 is 0 Å². The zero-order chi connectivity index (χ0) is 23.7. The number of hydrogen-bond acceptors (Lipinski definition) is 3. The molecule has 34 heavy (non-hydrogen) atoms. The van der Waals surface area contributed by atoms with Crippen molar-refractivity contribution in [2.45, 2.75) is 12.0 Å². The molecule has 0 N–H and O–H groups in total. The summed E-state index contributed by atoms with van der Waals surface area (Å²) in [4.78, 5) is 10.8. The molecule has 0 unspecified atom stereocenters. The molecule has 5 aromatic rings. The molecule has 5 nitrogen and oxygen atoms in total. The first-order valence-electron chi connectivity index (χ1n) is 10.7. The minimum absolute atomic E-state index is 0.0522. The van der Waals surface area contributed by atoms with Crippen molar-refractivity contribution in [2.75, 3.05) is 0 Å². The zero-order valence-electron chi connectivity index (χ0n) is 17.9. The van der Waals surface area contributed by atoms with Crippen LogP contribution in [0.5, 0.6) is 0 Å². The molecule has 0 spiro atoms. The van der Waals surface area contributed by atoms with Gasteiger partial charge in [0, 0.05) is 17.5 Å². The third kappa shape index (κ3) is 3.33. The van der Waals surface area contributed by atoms with Crippen LogP contribution in [-0.4, -0.2) is 14.7 Å². The Bertz CT molecular complexity index is 1360. The van der Waals surface area contributed by atoms with E-state index in [1.807, 2.05) is 91.0 Å². The van der Waals surface area contributed by atoms with Gasteiger partial charge in [-0.3, -0.25) is 10.1 Å². The van der Waals surface area contributed by atoms with E-state index >= 15 is 0 Å². The van der Waals surface area contributed by atoms with E-state index < -0.39 is 22.6 Å². The number of nitro groups is 1. The molecule has 1 heterocycles. The third-order valence-electron chi connectivity index (χ3n) is 6.00. The van der Waals surface area contributed by atoms with Crippen molar-refractivity contribution in [3.8, 4) is 0 Å². The maximum atomic E-state index is 14.2. The molecule has 0 saturated carbocycles. The second kappa shape index (κ2) is 8.51. The van der Waals surface area contributed by atoms with Crippen molar-refractivity contribution in [1.29, 1.82) is 0 Å². The molecule has 0 aliphatic heterocycles. The predicted octanol–water partition coefficient (Wildman–Crippen LogP) is 6.72. The van der Waals surface area contributed by atoms with Crippen molar-refractivity contribution in [3.63, 3.8) is 0 Å². The average molecular weight is 455 g/mol. The lowest BCUT2D eigenvalue weighted by Gasteiger charge is -2.37. The van der Waals surface area contributed by atoms with Gasteiger partial charge in [-0.1, -0.05) is 91.0 Å². The quantitative estimate of drug-likeness (QED) is 0.162. The Morgan fingerprint density at radius 2 is 1.24 bits per heavy atom. The van der Waals surface area contributed by atoms with Crippen LogP contribution >= 0.6 is 0 Å². The molecule has 0 aliphatic carbocycles. The van der Waals surface area contributed by atoms with Crippen LogP contribution in [0.25, 0.3) is 10.9 Å². The Labute approximate surface area is 194 Å². The van der Waals surface area contributed by atoms with Crippen LogP contribution in [0.2, 0.25) is 0 Å². The molecule has 4 aromatic carbocycles. The highest BCUT2D eigenvalue weighted by atomic mass is 19.3. The van der Waals surface area contributed by atoms with Crippen molar-refractivity contribution in [3.05, 3.63) is 142 Å². The highest BCUT2D eigenvalue weighted by molar-refractivity contribution is 5.85. The maximum absolute atomic E-state index is 14.2. The van der Waals surface area contributed by atoms with E-state index in [1.54, 1.807) is 4.68 Å². The predicted molar refractivity (Wildman–Crippen MR) is 126 cm³/mol. The van der Waals surface area contributed by atoms with Crippen LogP contribution in [0.15, 0.2) is 109 Å². The second-order valence-electron chi connectivity index (χ2n) is 7.86. The van der Waals surface area contributed by atoms with Crippen molar-refractivity contribution >= 4 is 16.6 Å². The molecule has 7 heteroatoms. The Kier molecular flexibility index (Phi) is 5.37. The van der Waals surface area contributed by atoms with E-state index in [0.717, 1.165) is 16.7 Å². The summed E-state index contributed by atoms with van der Waals surface area (Å²) in [6.07, 6.45) is -2.91. The largest absolute Gasteiger partial charge is 0.282 e. The van der Waals surface area contributed by atoms with Crippen molar-refractivity contribution in [2.24, 2.45) is 0 Å². The van der Waals surface area contributed by atoms with E-state index in [4.69, 9.17) is 0 Å². The fourth-order valence-corrected chi connectivity index (χ4v) is 4.56. The molecular formula is C27H19F2N3O2. The van der Waals surface area contributed by atoms with Crippen molar-refractivity contribution in [1.82, 2.24) is 9.78 Å². The monoisotopic (exact) mass is 455 g/mol. The van der Waals surface area contributed by atoms with E-state index in [2.05, 4.69) is 5.10 Å². The molecule has 0 amide bonds. The van der Waals surface area contributed by atoms with Crippen LogP contribution in [0.1, 0.15) is 28.8 Å². The molecule has 0 fully saturated rings. The van der Waals surface area contributed by atoms with Crippen LogP contribution < -0.4 is 0 Å². The van der Waals surface area contributed by atoms with E-state index in [1.165, 1.54) is 18.2 Å². The average Bonchev–Trinajstić information content (AvgIpc) is 3.26. The number of halogens is 2. The smallest absolute Gasteiger partial charge is 0.258 e. The highest BCUT2D eigenvalue weighted by Crippen LogP contribution is 2.44. The Balaban J connectivity index is 1.97. The SMILES string of the molecule is O=[N+]([O-])c1ccc2c(c1)c(C(F)F)nn2C(c1ccccc1)(c1ccccc1)c1ccccc1. The summed E-state index contributed by atoms with van der Waals surface area (Å²) in [5.41, 5.74) is 0.954. The van der Waals surface area contributed by atoms with E-state index in [0.29, 0.717) is 5.52 Å². The lowest BCUT2D eigenvalue weighted by Crippen LogP contribution is -2.38. The van der Waals surface area contributed by atoms with Crippen LogP contribution in [0.4, 0.5) is 14.5 Å². The molecule has 0 bridgehead atoms. The van der Waals surface area contributed by atoms with Crippen LogP contribution in [-0.2, 0) is 5.54 Å². The minimum Gasteiger partial charge on any atom is -0.258 e. The van der Waals surface area contributed by atoms with Gasteiger partial charge in [0.05, 0.1) is 10.4 Å². The first-order chi connectivity index (χ1) is 16.5. The maximum Gasteiger partial charge on any atom is 0.282 e. The lowest BCUT2D eigenvalue weighted by molar-refractivity contribution is -0.384. The topological polar surface area (TPSA) is 61.0 Å². The molecule has 0 radical (unpaired) electrons. The summed E-state index contributed by atoms with van der Waals surface area (Å²) >= 11 is 0. The van der Waals surface area contributed by atoms with E-state index in [9.17, 15) is 18.9 Å². The summed E-state index contributed by atoms with van der Waals surface area (Å²) in [5.74, 6) is 0. The fourth-order valence-electron chi connectivity index (χ4n) is 4.56. The van der Waals surface area contributed by atoms with E-state index in [-0.39, 0.29) is 11.1 Å². The Morgan fingerprint density at radius 1 is 0.765 bits per heavy atom. The van der Waals surface area contributed by atoms with Crippen LogP contribution in [0, 0.1) is 10.1 Å². The minimum atomic E-state index is -2.91. The van der Waals surface area contributed by atoms with Gasteiger partial charge in [0.25, 0.3) is 12.1 Å². The van der Waals surface area contributed by atoms with Gasteiger partial charge in [0.1, 0.15) is 11.2 Å². The van der Waals surface area contributed by atoms with Gasteiger partial charge in [0.15, 0.2) is 0 Å². The molecule has 0 aliphatic rings. The number of rotatable bonds is 6. The summed E-state index contributed by atoms with van der Waals surface area (Å²) < 4.78 is 30.0. The number of non-ortho nitro benzene ring substituents is 1.